The van der Waals surface area contributed by atoms with E-state index in [1.807, 2.05) is 36.4 Å². The number of hydrogen-bond donors (Lipinski definition) is 0. The molecule has 0 bridgehead atoms. The Bertz CT molecular complexity index is 1530. The number of thioether (sulfide) groups is 1. The molecule has 1 saturated heterocycles. The SMILES string of the molecule is O=C1S/C(=C/c2c(OCc3ccc([N+](=O)[O-])cc3)ccc3ccccc23)C(=O)N1c1ccc(Cl)cc1. The van der Waals surface area contributed by atoms with Crippen molar-refractivity contribution in [3.05, 3.63) is 116 Å². The molecule has 0 spiro atoms. The minimum Gasteiger partial charge on any atom is -0.488 e. The smallest absolute Gasteiger partial charge is 0.298 e. The van der Waals surface area contributed by atoms with Crippen LogP contribution < -0.4 is 9.64 Å². The molecule has 178 valence electrons. The van der Waals surface area contributed by atoms with Crippen LogP contribution in [0, 0.1) is 10.1 Å². The van der Waals surface area contributed by atoms with Crippen molar-refractivity contribution in [3.8, 4) is 5.75 Å². The maximum atomic E-state index is 13.2. The van der Waals surface area contributed by atoms with E-state index in [0.717, 1.165) is 33.0 Å². The first kappa shape index (κ1) is 23.6. The highest BCUT2D eigenvalue weighted by Gasteiger charge is 2.36. The summed E-state index contributed by atoms with van der Waals surface area (Å²) in [5.74, 6) is 0.0897. The van der Waals surface area contributed by atoms with Gasteiger partial charge in [-0.1, -0.05) is 41.9 Å². The van der Waals surface area contributed by atoms with Crippen molar-refractivity contribution in [3.63, 3.8) is 0 Å². The maximum Gasteiger partial charge on any atom is 0.298 e. The lowest BCUT2D eigenvalue weighted by molar-refractivity contribution is -0.384. The summed E-state index contributed by atoms with van der Waals surface area (Å²) in [4.78, 5) is 37.8. The fourth-order valence-corrected chi connectivity index (χ4v) is 4.79. The first-order chi connectivity index (χ1) is 17.4. The summed E-state index contributed by atoms with van der Waals surface area (Å²) < 4.78 is 6.08. The lowest BCUT2D eigenvalue weighted by Crippen LogP contribution is -2.27. The zero-order valence-electron chi connectivity index (χ0n) is 18.6. The zero-order valence-corrected chi connectivity index (χ0v) is 20.2. The standard InChI is InChI=1S/C27H17ClN2O5S/c28-19-8-12-20(13-9-19)29-26(31)25(36-27(29)32)15-23-22-4-2-1-3-18(22)7-14-24(23)35-16-17-5-10-21(11-6-17)30(33)34/h1-15H,16H2/b25-15+. The molecule has 1 fully saturated rings. The third kappa shape index (κ3) is 4.68. The number of halogens is 1. The van der Waals surface area contributed by atoms with E-state index in [-0.39, 0.29) is 17.2 Å². The lowest BCUT2D eigenvalue weighted by Gasteiger charge is -2.13. The van der Waals surface area contributed by atoms with Gasteiger partial charge in [-0.15, -0.1) is 0 Å². The molecule has 0 N–H and O–H groups in total. The number of carbonyl (C=O) groups is 2. The van der Waals surface area contributed by atoms with E-state index < -0.39 is 16.1 Å². The Morgan fingerprint density at radius 1 is 0.944 bits per heavy atom. The molecule has 0 unspecified atom stereocenters. The molecule has 1 aliphatic heterocycles. The average Bonchev–Trinajstić information content (AvgIpc) is 3.16. The van der Waals surface area contributed by atoms with Crippen molar-refractivity contribution in [2.45, 2.75) is 6.61 Å². The van der Waals surface area contributed by atoms with Crippen LogP contribution in [0.1, 0.15) is 11.1 Å². The number of imide groups is 1. The summed E-state index contributed by atoms with van der Waals surface area (Å²) in [7, 11) is 0. The van der Waals surface area contributed by atoms with Crippen molar-refractivity contribution in [1.82, 2.24) is 0 Å². The predicted octanol–water partition coefficient (Wildman–Crippen LogP) is 7.22. The van der Waals surface area contributed by atoms with Gasteiger partial charge in [0.05, 0.1) is 15.5 Å². The summed E-state index contributed by atoms with van der Waals surface area (Å²) >= 11 is 6.80. The number of nitrogens with zero attached hydrogens (tertiary/aromatic N) is 2. The largest absolute Gasteiger partial charge is 0.488 e. The first-order valence-electron chi connectivity index (χ1n) is 10.8. The van der Waals surface area contributed by atoms with Crippen LogP contribution in [0.25, 0.3) is 16.8 Å². The number of nitro benzene ring substituents is 1. The van der Waals surface area contributed by atoms with Crippen LogP contribution >= 0.6 is 23.4 Å². The van der Waals surface area contributed by atoms with Gasteiger partial charge in [0.25, 0.3) is 16.8 Å². The second-order valence-corrected chi connectivity index (χ2v) is 9.33. The molecule has 1 heterocycles. The molecule has 9 heteroatoms. The molecule has 0 aromatic heterocycles. The Morgan fingerprint density at radius 2 is 1.67 bits per heavy atom. The summed E-state index contributed by atoms with van der Waals surface area (Å²) in [5, 5.41) is 12.8. The normalized spacial score (nSPS) is 14.6. The van der Waals surface area contributed by atoms with E-state index in [0.29, 0.717) is 22.0 Å². The Morgan fingerprint density at radius 3 is 2.39 bits per heavy atom. The van der Waals surface area contributed by atoms with Crippen molar-refractivity contribution in [1.29, 1.82) is 0 Å². The number of fused-ring (bicyclic) bond motifs is 1. The van der Waals surface area contributed by atoms with Crippen LogP contribution in [-0.4, -0.2) is 16.1 Å². The molecule has 0 radical (unpaired) electrons. The molecular formula is C27H17ClN2O5S. The highest BCUT2D eigenvalue weighted by atomic mass is 35.5. The first-order valence-corrected chi connectivity index (χ1v) is 12.0. The second-order valence-electron chi connectivity index (χ2n) is 7.90. The number of hydrogen-bond acceptors (Lipinski definition) is 6. The fraction of sp³-hybridized carbons (Fsp3) is 0.0370. The molecule has 4 aromatic carbocycles. The molecule has 36 heavy (non-hydrogen) atoms. The van der Waals surface area contributed by atoms with E-state index >= 15 is 0 Å². The van der Waals surface area contributed by atoms with Gasteiger partial charge < -0.3 is 4.74 Å². The summed E-state index contributed by atoms with van der Waals surface area (Å²) in [6.45, 7) is 0.170. The van der Waals surface area contributed by atoms with Crippen LogP contribution in [0.5, 0.6) is 5.75 Å². The van der Waals surface area contributed by atoms with Crippen molar-refractivity contribution < 1.29 is 19.2 Å². The number of nitro groups is 1. The number of anilines is 1. The number of ether oxygens (including phenoxy) is 1. The van der Waals surface area contributed by atoms with E-state index in [2.05, 4.69) is 0 Å². The summed E-state index contributed by atoms with van der Waals surface area (Å²) in [5.41, 5.74) is 1.86. The van der Waals surface area contributed by atoms with E-state index in [1.54, 1.807) is 42.5 Å². The van der Waals surface area contributed by atoms with Gasteiger partial charge >= 0.3 is 0 Å². The zero-order chi connectivity index (χ0) is 25.2. The van der Waals surface area contributed by atoms with Gasteiger partial charge in [0.1, 0.15) is 12.4 Å². The number of benzene rings is 4. The van der Waals surface area contributed by atoms with Gasteiger partial charge in [-0.3, -0.25) is 19.7 Å². The summed E-state index contributed by atoms with van der Waals surface area (Å²) in [6.07, 6.45) is 1.67. The molecule has 5 rings (SSSR count). The molecule has 4 aromatic rings. The fourth-order valence-electron chi connectivity index (χ4n) is 3.84. The minimum atomic E-state index is -0.455. The molecular weight excluding hydrogens is 500 g/mol. The number of non-ortho nitro benzene ring substituents is 1. The van der Waals surface area contributed by atoms with Gasteiger partial charge in [-0.05, 0) is 76.6 Å². The molecule has 1 aliphatic rings. The molecule has 0 saturated carbocycles. The van der Waals surface area contributed by atoms with E-state index in [9.17, 15) is 19.7 Å². The molecule has 2 amide bonds. The second kappa shape index (κ2) is 9.85. The lowest BCUT2D eigenvalue weighted by atomic mass is 10.0. The highest BCUT2D eigenvalue weighted by Crippen LogP contribution is 2.39. The average molecular weight is 517 g/mol. The Hall–Kier alpha value is -4.14. The Balaban J connectivity index is 1.49. The Labute approximate surface area is 215 Å². The van der Waals surface area contributed by atoms with Crippen LogP contribution in [-0.2, 0) is 11.4 Å². The van der Waals surface area contributed by atoms with Gasteiger partial charge in [0.15, 0.2) is 0 Å². The van der Waals surface area contributed by atoms with E-state index in [4.69, 9.17) is 16.3 Å². The van der Waals surface area contributed by atoms with Crippen LogP contribution in [0.4, 0.5) is 16.2 Å². The van der Waals surface area contributed by atoms with Crippen LogP contribution in [0.2, 0.25) is 5.02 Å². The predicted molar refractivity (Wildman–Crippen MR) is 141 cm³/mol. The maximum absolute atomic E-state index is 13.2. The van der Waals surface area contributed by atoms with Crippen LogP contribution in [0.3, 0.4) is 0 Å². The minimum absolute atomic E-state index is 0.00144. The molecule has 7 nitrogen and oxygen atoms in total. The van der Waals surface area contributed by atoms with Gasteiger partial charge in [-0.25, -0.2) is 4.90 Å². The highest BCUT2D eigenvalue weighted by molar-refractivity contribution is 8.19. The topological polar surface area (TPSA) is 89.7 Å². The van der Waals surface area contributed by atoms with Gasteiger partial charge in [0.2, 0.25) is 0 Å². The van der Waals surface area contributed by atoms with Crippen molar-refractivity contribution in [2.24, 2.45) is 0 Å². The number of carbonyl (C=O) groups excluding carboxylic acids is 2. The molecule has 0 atom stereocenters. The van der Waals surface area contributed by atoms with Crippen LogP contribution in [0.15, 0.2) is 89.8 Å². The van der Waals surface area contributed by atoms with E-state index in [1.165, 1.54) is 12.1 Å². The molecule has 0 aliphatic carbocycles. The number of amides is 2. The van der Waals surface area contributed by atoms with Crippen molar-refractivity contribution >= 4 is 62.7 Å². The monoisotopic (exact) mass is 516 g/mol. The van der Waals surface area contributed by atoms with Gasteiger partial charge in [0, 0.05) is 22.7 Å². The van der Waals surface area contributed by atoms with Gasteiger partial charge in [-0.2, -0.15) is 0 Å². The third-order valence-electron chi connectivity index (χ3n) is 5.63. The Kier molecular flexibility index (Phi) is 6.45. The number of rotatable bonds is 6. The quantitative estimate of drug-likeness (QED) is 0.153. The van der Waals surface area contributed by atoms with Crippen molar-refractivity contribution in [2.75, 3.05) is 4.90 Å². The third-order valence-corrected chi connectivity index (χ3v) is 6.75. The summed E-state index contributed by atoms with van der Waals surface area (Å²) in [6, 6.07) is 24.0.